The van der Waals surface area contributed by atoms with Crippen LogP contribution in [0.15, 0.2) is 23.6 Å². The molecule has 0 saturated heterocycles. The quantitative estimate of drug-likeness (QED) is 0.620. The fraction of sp³-hybridized carbons (Fsp3) is 0.100. The first-order valence-electron chi connectivity index (χ1n) is 3.89. The monoisotopic (exact) mass is 215 g/mol. The van der Waals surface area contributed by atoms with Gasteiger partial charge in [0, 0.05) is 4.70 Å². The van der Waals surface area contributed by atoms with Crippen LogP contribution >= 0.6 is 11.3 Å². The van der Waals surface area contributed by atoms with E-state index in [1.165, 1.54) is 17.4 Å². The highest BCUT2D eigenvalue weighted by Gasteiger charge is 2.30. The summed E-state index contributed by atoms with van der Waals surface area (Å²) in [6, 6.07) is 3.73. The van der Waals surface area contributed by atoms with Gasteiger partial charge < -0.3 is 0 Å². The molecule has 0 bridgehead atoms. The number of alkyl halides is 3. The molecular formula is C10H6F3S. The summed E-state index contributed by atoms with van der Waals surface area (Å²) < 4.78 is 37.8. The zero-order valence-electron chi connectivity index (χ0n) is 7.06. The molecule has 0 amide bonds. The van der Waals surface area contributed by atoms with E-state index in [0.717, 1.165) is 16.8 Å². The number of hydrogen-bond donors (Lipinski definition) is 0. The first-order valence-corrected chi connectivity index (χ1v) is 4.77. The van der Waals surface area contributed by atoms with Crippen LogP contribution in [0.1, 0.15) is 11.1 Å². The van der Waals surface area contributed by atoms with E-state index in [4.69, 9.17) is 0 Å². The van der Waals surface area contributed by atoms with E-state index in [-0.39, 0.29) is 0 Å². The Kier molecular flexibility index (Phi) is 2.03. The fourth-order valence-electron chi connectivity index (χ4n) is 1.26. The number of halogens is 3. The van der Waals surface area contributed by atoms with Crippen LogP contribution < -0.4 is 0 Å². The smallest absolute Gasteiger partial charge is 0.166 e. The van der Waals surface area contributed by atoms with E-state index in [1.54, 1.807) is 5.38 Å². The second-order valence-corrected chi connectivity index (χ2v) is 3.88. The van der Waals surface area contributed by atoms with Crippen LogP contribution in [0.2, 0.25) is 0 Å². The van der Waals surface area contributed by atoms with Gasteiger partial charge in [0.25, 0.3) is 0 Å². The molecule has 1 heterocycles. The number of hydrogen-bond acceptors (Lipinski definition) is 1. The maximum Gasteiger partial charge on any atom is 0.416 e. The molecule has 0 nitrogen and oxygen atoms in total. The van der Waals surface area contributed by atoms with Gasteiger partial charge in [0.1, 0.15) is 0 Å². The normalized spacial score (nSPS) is 12.3. The van der Waals surface area contributed by atoms with Crippen molar-refractivity contribution in [2.24, 2.45) is 0 Å². The van der Waals surface area contributed by atoms with E-state index in [2.05, 4.69) is 6.92 Å². The van der Waals surface area contributed by atoms with Gasteiger partial charge in [-0.15, -0.1) is 11.3 Å². The molecule has 0 unspecified atom stereocenters. The Balaban J connectivity index is 2.66. The highest BCUT2D eigenvalue weighted by Crippen LogP contribution is 2.34. The van der Waals surface area contributed by atoms with E-state index in [9.17, 15) is 13.2 Å². The third-order valence-corrected chi connectivity index (χ3v) is 2.99. The van der Waals surface area contributed by atoms with E-state index in [1.807, 2.05) is 0 Å². The third-order valence-electron chi connectivity index (χ3n) is 1.98. The second kappa shape index (κ2) is 2.98. The number of rotatable bonds is 0. The number of thiophene rings is 1. The van der Waals surface area contributed by atoms with Gasteiger partial charge in [-0.1, -0.05) is 0 Å². The summed E-state index contributed by atoms with van der Waals surface area (Å²) in [7, 11) is 0. The van der Waals surface area contributed by atoms with Crippen molar-refractivity contribution >= 4 is 21.4 Å². The lowest BCUT2D eigenvalue weighted by molar-refractivity contribution is -0.137. The third kappa shape index (κ3) is 1.50. The Morgan fingerprint density at radius 2 is 1.93 bits per heavy atom. The average molecular weight is 215 g/mol. The number of fused-ring (bicyclic) bond motifs is 1. The molecule has 2 rings (SSSR count). The Bertz CT molecular complexity index is 468. The molecule has 73 valence electrons. The Morgan fingerprint density at radius 3 is 2.57 bits per heavy atom. The molecule has 0 fully saturated rings. The SMILES string of the molecule is [CH2]c1csc2ccc(C(F)(F)F)cc12. The topological polar surface area (TPSA) is 0 Å². The Labute approximate surface area is 83.0 Å². The zero-order chi connectivity index (χ0) is 10.3. The van der Waals surface area contributed by atoms with Crippen LogP contribution in [-0.2, 0) is 6.18 Å². The predicted molar refractivity (Wildman–Crippen MR) is 51.3 cm³/mol. The molecule has 0 aliphatic heterocycles. The van der Waals surface area contributed by atoms with Crippen molar-refractivity contribution in [1.82, 2.24) is 0 Å². The van der Waals surface area contributed by atoms with Crippen LogP contribution in [0, 0.1) is 6.92 Å². The van der Waals surface area contributed by atoms with E-state index < -0.39 is 11.7 Å². The maximum atomic E-state index is 12.3. The van der Waals surface area contributed by atoms with Gasteiger partial charge in [-0.05, 0) is 41.5 Å². The summed E-state index contributed by atoms with van der Waals surface area (Å²) >= 11 is 1.40. The minimum Gasteiger partial charge on any atom is -0.166 e. The molecule has 0 saturated carbocycles. The maximum absolute atomic E-state index is 12.3. The molecule has 14 heavy (non-hydrogen) atoms. The van der Waals surface area contributed by atoms with E-state index >= 15 is 0 Å². The zero-order valence-corrected chi connectivity index (χ0v) is 7.88. The molecule has 0 spiro atoms. The van der Waals surface area contributed by atoms with Gasteiger partial charge >= 0.3 is 6.18 Å². The standard InChI is InChI=1S/C10H6F3S/c1-6-5-14-9-3-2-7(4-8(6)9)10(11,12)13/h2-5H,1H2. The van der Waals surface area contributed by atoms with Crippen molar-refractivity contribution in [2.45, 2.75) is 6.18 Å². The van der Waals surface area contributed by atoms with Crippen LogP contribution in [0.5, 0.6) is 0 Å². The molecule has 0 N–H and O–H groups in total. The summed E-state index contributed by atoms with van der Waals surface area (Å²) in [4.78, 5) is 0. The largest absolute Gasteiger partial charge is 0.416 e. The van der Waals surface area contributed by atoms with Crippen molar-refractivity contribution in [3.05, 3.63) is 41.6 Å². The van der Waals surface area contributed by atoms with Gasteiger partial charge in [0.15, 0.2) is 0 Å². The van der Waals surface area contributed by atoms with Crippen LogP contribution in [0.25, 0.3) is 10.1 Å². The summed E-state index contributed by atoms with van der Waals surface area (Å²) in [6.45, 7) is 3.67. The molecule has 1 aromatic carbocycles. The highest BCUT2D eigenvalue weighted by molar-refractivity contribution is 7.17. The van der Waals surface area contributed by atoms with Crippen molar-refractivity contribution in [2.75, 3.05) is 0 Å². The van der Waals surface area contributed by atoms with E-state index in [0.29, 0.717) is 10.9 Å². The fourth-order valence-corrected chi connectivity index (χ4v) is 2.12. The summed E-state index contributed by atoms with van der Waals surface area (Å²) in [5, 5.41) is 2.34. The minimum absolute atomic E-state index is 0.588. The predicted octanol–water partition coefficient (Wildman–Crippen LogP) is 4.10. The highest BCUT2D eigenvalue weighted by atomic mass is 32.1. The molecule has 4 heteroatoms. The van der Waals surface area contributed by atoms with Crippen molar-refractivity contribution in [3.8, 4) is 0 Å². The molecule has 0 atom stereocenters. The Hall–Kier alpha value is -1.03. The second-order valence-electron chi connectivity index (χ2n) is 2.97. The molecule has 1 radical (unpaired) electrons. The van der Waals surface area contributed by atoms with Gasteiger partial charge in [0.05, 0.1) is 5.56 Å². The lowest BCUT2D eigenvalue weighted by atomic mass is 10.1. The lowest BCUT2D eigenvalue weighted by Crippen LogP contribution is -2.03. The molecular weight excluding hydrogens is 209 g/mol. The van der Waals surface area contributed by atoms with Crippen molar-refractivity contribution in [1.29, 1.82) is 0 Å². The molecule has 0 aliphatic carbocycles. The average Bonchev–Trinajstić information content (AvgIpc) is 2.46. The van der Waals surface area contributed by atoms with Gasteiger partial charge in [-0.2, -0.15) is 13.2 Å². The molecule has 2 aromatic rings. The first-order chi connectivity index (χ1) is 6.48. The molecule has 1 aromatic heterocycles. The molecule has 0 aliphatic rings. The number of benzene rings is 1. The summed E-state index contributed by atoms with van der Waals surface area (Å²) in [5.41, 5.74) is 0.0319. The first kappa shape index (κ1) is 9.52. The van der Waals surface area contributed by atoms with Crippen LogP contribution in [0.4, 0.5) is 13.2 Å². The van der Waals surface area contributed by atoms with Crippen LogP contribution in [0.3, 0.4) is 0 Å². The summed E-state index contributed by atoms with van der Waals surface area (Å²) in [6.07, 6.45) is -4.28. The lowest BCUT2D eigenvalue weighted by Gasteiger charge is -2.06. The van der Waals surface area contributed by atoms with Crippen molar-refractivity contribution in [3.63, 3.8) is 0 Å². The van der Waals surface area contributed by atoms with Crippen molar-refractivity contribution < 1.29 is 13.2 Å². The van der Waals surface area contributed by atoms with Crippen LogP contribution in [-0.4, -0.2) is 0 Å². The van der Waals surface area contributed by atoms with Gasteiger partial charge in [-0.3, -0.25) is 0 Å². The van der Waals surface area contributed by atoms with Gasteiger partial charge in [-0.25, -0.2) is 0 Å². The summed E-state index contributed by atoms with van der Waals surface area (Å²) in [5.74, 6) is 0. The minimum atomic E-state index is -4.28. The Morgan fingerprint density at radius 1 is 1.21 bits per heavy atom. The van der Waals surface area contributed by atoms with Gasteiger partial charge in [0.2, 0.25) is 0 Å².